The summed E-state index contributed by atoms with van der Waals surface area (Å²) in [7, 11) is 2.81. The molecule has 0 atom stereocenters. The number of amides is 1. The number of hydrogen-bond acceptors (Lipinski definition) is 10. The number of carbonyl (C=O) groups is 1. The number of nitro groups is 1. The molecule has 0 unspecified atom stereocenters. The Morgan fingerprint density at radius 2 is 1.84 bits per heavy atom. The summed E-state index contributed by atoms with van der Waals surface area (Å²) in [5.41, 5.74) is -0.332. The monoisotopic (exact) mass is 461 g/mol. The maximum absolute atomic E-state index is 13.1. The summed E-state index contributed by atoms with van der Waals surface area (Å²) in [5, 5.41) is 23.7. The van der Waals surface area contributed by atoms with E-state index >= 15 is 0 Å². The van der Waals surface area contributed by atoms with E-state index in [0.29, 0.717) is 26.2 Å². The number of methoxy groups -OCH3 is 2. The molecule has 1 amide bonds. The van der Waals surface area contributed by atoms with Crippen LogP contribution in [0.2, 0.25) is 0 Å². The van der Waals surface area contributed by atoms with E-state index in [2.05, 4.69) is 15.1 Å². The molecule has 0 N–H and O–H groups in total. The van der Waals surface area contributed by atoms with E-state index in [9.17, 15) is 14.9 Å². The lowest BCUT2D eigenvalue weighted by atomic mass is 10.1. The predicted octanol–water partition coefficient (Wildman–Crippen LogP) is 3.15. The second kappa shape index (κ2) is 8.86. The molecule has 1 aromatic carbocycles. The molecule has 4 rings (SSSR count). The van der Waals surface area contributed by atoms with Gasteiger partial charge >= 0.3 is 0 Å². The molecule has 0 radical (unpaired) electrons. The van der Waals surface area contributed by atoms with Gasteiger partial charge in [-0.15, -0.1) is 21.5 Å². The Balaban J connectivity index is 1.49. The first-order valence-corrected chi connectivity index (χ1v) is 11.0. The molecule has 0 saturated carbocycles. The molecular formula is C19H19N5O5S2. The highest BCUT2D eigenvalue weighted by molar-refractivity contribution is 7.22. The van der Waals surface area contributed by atoms with Crippen LogP contribution in [0.25, 0.3) is 9.88 Å². The van der Waals surface area contributed by atoms with E-state index in [4.69, 9.17) is 9.47 Å². The third-order valence-electron chi connectivity index (χ3n) is 4.91. The van der Waals surface area contributed by atoms with Crippen molar-refractivity contribution in [2.45, 2.75) is 0 Å². The average Bonchev–Trinajstić information content (AvgIpc) is 3.49. The fraction of sp³-hybridized carbons (Fsp3) is 0.316. The lowest BCUT2D eigenvalue weighted by Gasteiger charge is -2.34. The van der Waals surface area contributed by atoms with Crippen LogP contribution in [0.1, 0.15) is 10.4 Å². The highest BCUT2D eigenvalue weighted by atomic mass is 32.1. The minimum absolute atomic E-state index is 0.0213. The van der Waals surface area contributed by atoms with Gasteiger partial charge in [-0.1, -0.05) is 17.4 Å². The van der Waals surface area contributed by atoms with Gasteiger partial charge in [-0.05, 0) is 11.4 Å². The molecule has 162 valence electrons. The van der Waals surface area contributed by atoms with E-state index < -0.39 is 10.8 Å². The van der Waals surface area contributed by atoms with E-state index in [0.717, 1.165) is 15.0 Å². The summed E-state index contributed by atoms with van der Waals surface area (Å²) in [4.78, 5) is 28.8. The molecular weight excluding hydrogens is 442 g/mol. The smallest absolute Gasteiger partial charge is 0.286 e. The van der Waals surface area contributed by atoms with Gasteiger partial charge in [-0.2, -0.15) is 0 Å². The number of piperazine rings is 1. The van der Waals surface area contributed by atoms with Crippen molar-refractivity contribution in [3.8, 4) is 21.4 Å². The molecule has 0 aliphatic carbocycles. The normalized spacial score (nSPS) is 13.9. The van der Waals surface area contributed by atoms with Crippen molar-refractivity contribution >= 4 is 39.4 Å². The number of nitro benzene ring substituents is 1. The number of thiophene rings is 1. The van der Waals surface area contributed by atoms with E-state index in [1.807, 2.05) is 17.5 Å². The third kappa shape index (κ3) is 4.16. The summed E-state index contributed by atoms with van der Waals surface area (Å²) < 4.78 is 10.3. The summed E-state index contributed by atoms with van der Waals surface area (Å²) in [6.45, 7) is 1.95. The maximum atomic E-state index is 13.1. The standard InChI is InChI=1S/C19H19N5O5S2/c1-28-14-10-12(13(24(26)27)11-15(14)29-2)18(25)22-5-7-23(8-6-22)19-21-20-17(31-19)16-4-3-9-30-16/h3-4,9-11H,5-8H2,1-2H3. The lowest BCUT2D eigenvalue weighted by molar-refractivity contribution is -0.385. The third-order valence-corrected chi connectivity index (χ3v) is 6.94. The summed E-state index contributed by atoms with van der Waals surface area (Å²) >= 11 is 3.12. The molecule has 3 heterocycles. The first-order valence-electron chi connectivity index (χ1n) is 9.34. The highest BCUT2D eigenvalue weighted by Gasteiger charge is 2.30. The van der Waals surface area contributed by atoms with Gasteiger partial charge in [0.1, 0.15) is 5.56 Å². The van der Waals surface area contributed by atoms with Crippen molar-refractivity contribution in [1.82, 2.24) is 15.1 Å². The Labute approximate surface area is 185 Å². The minimum Gasteiger partial charge on any atom is -0.493 e. The van der Waals surface area contributed by atoms with Crippen molar-refractivity contribution in [3.63, 3.8) is 0 Å². The second-order valence-electron chi connectivity index (χ2n) is 6.63. The highest BCUT2D eigenvalue weighted by Crippen LogP contribution is 2.36. The quantitative estimate of drug-likeness (QED) is 0.407. The van der Waals surface area contributed by atoms with Gasteiger partial charge in [0, 0.05) is 32.2 Å². The molecule has 0 spiro atoms. The molecule has 1 aliphatic heterocycles. The zero-order valence-corrected chi connectivity index (χ0v) is 18.4. The SMILES string of the molecule is COc1cc(C(=O)N2CCN(c3nnc(-c4cccs4)s3)CC2)c([N+](=O)[O-])cc1OC. The Bertz CT molecular complexity index is 1090. The molecule has 31 heavy (non-hydrogen) atoms. The van der Waals surface area contributed by atoms with E-state index in [1.165, 1.54) is 37.7 Å². The Morgan fingerprint density at radius 3 is 2.45 bits per heavy atom. The lowest BCUT2D eigenvalue weighted by Crippen LogP contribution is -2.48. The largest absolute Gasteiger partial charge is 0.493 e. The van der Waals surface area contributed by atoms with Gasteiger partial charge in [-0.25, -0.2) is 0 Å². The summed E-state index contributed by atoms with van der Waals surface area (Å²) in [6, 6.07) is 6.56. The van der Waals surface area contributed by atoms with Crippen LogP contribution in [0, 0.1) is 10.1 Å². The van der Waals surface area contributed by atoms with Crippen molar-refractivity contribution in [3.05, 3.63) is 45.3 Å². The van der Waals surface area contributed by atoms with E-state index in [-0.39, 0.29) is 22.7 Å². The minimum atomic E-state index is -0.585. The van der Waals surface area contributed by atoms with Crippen LogP contribution in [-0.4, -0.2) is 66.3 Å². The number of benzene rings is 1. The first-order chi connectivity index (χ1) is 15.0. The number of carbonyl (C=O) groups excluding carboxylic acids is 1. The maximum Gasteiger partial charge on any atom is 0.286 e. The van der Waals surface area contributed by atoms with Crippen molar-refractivity contribution in [2.24, 2.45) is 0 Å². The van der Waals surface area contributed by atoms with Crippen molar-refractivity contribution < 1.29 is 19.2 Å². The van der Waals surface area contributed by atoms with Crippen LogP contribution in [0.15, 0.2) is 29.6 Å². The van der Waals surface area contributed by atoms with Crippen LogP contribution in [0.3, 0.4) is 0 Å². The van der Waals surface area contributed by atoms with Gasteiger partial charge in [0.25, 0.3) is 11.6 Å². The number of aromatic nitrogens is 2. The zero-order valence-electron chi connectivity index (χ0n) is 16.8. The zero-order chi connectivity index (χ0) is 22.0. The molecule has 10 nitrogen and oxygen atoms in total. The summed E-state index contributed by atoms with van der Waals surface area (Å²) in [5.74, 6) is 0.0577. The molecule has 1 aliphatic rings. The van der Waals surface area contributed by atoms with Crippen LogP contribution in [0.4, 0.5) is 10.8 Å². The molecule has 1 saturated heterocycles. The number of anilines is 1. The summed E-state index contributed by atoms with van der Waals surface area (Å²) in [6.07, 6.45) is 0. The Hall–Kier alpha value is -3.25. The van der Waals surface area contributed by atoms with Gasteiger partial charge in [0.15, 0.2) is 16.5 Å². The average molecular weight is 462 g/mol. The second-order valence-corrected chi connectivity index (χ2v) is 8.53. The fourth-order valence-electron chi connectivity index (χ4n) is 3.30. The number of nitrogens with zero attached hydrogens (tertiary/aromatic N) is 5. The molecule has 0 bridgehead atoms. The van der Waals surface area contributed by atoms with Gasteiger partial charge < -0.3 is 19.3 Å². The number of ether oxygens (including phenoxy) is 2. The van der Waals surface area contributed by atoms with Crippen LogP contribution < -0.4 is 14.4 Å². The topological polar surface area (TPSA) is 111 Å². The van der Waals surface area contributed by atoms with Gasteiger partial charge in [-0.3, -0.25) is 14.9 Å². The molecule has 2 aromatic heterocycles. The molecule has 12 heteroatoms. The number of hydrogen-bond donors (Lipinski definition) is 0. The van der Waals surface area contributed by atoms with Crippen LogP contribution >= 0.6 is 22.7 Å². The predicted molar refractivity (Wildman–Crippen MR) is 118 cm³/mol. The fourth-order valence-corrected chi connectivity index (χ4v) is 4.99. The first kappa shape index (κ1) is 21.0. The Kier molecular flexibility index (Phi) is 6.00. The molecule has 1 fully saturated rings. The van der Waals surface area contributed by atoms with E-state index in [1.54, 1.807) is 16.2 Å². The van der Waals surface area contributed by atoms with Crippen LogP contribution in [-0.2, 0) is 0 Å². The molecule has 3 aromatic rings. The van der Waals surface area contributed by atoms with Crippen LogP contribution in [0.5, 0.6) is 11.5 Å². The number of rotatable bonds is 6. The van der Waals surface area contributed by atoms with Gasteiger partial charge in [0.2, 0.25) is 5.13 Å². The Morgan fingerprint density at radius 1 is 1.13 bits per heavy atom. The van der Waals surface area contributed by atoms with Crippen molar-refractivity contribution in [1.29, 1.82) is 0 Å². The van der Waals surface area contributed by atoms with Gasteiger partial charge in [0.05, 0.1) is 30.1 Å². The van der Waals surface area contributed by atoms with Crippen molar-refractivity contribution in [2.75, 3.05) is 45.3 Å².